The van der Waals surface area contributed by atoms with Crippen LogP contribution in [-0.4, -0.2) is 37.8 Å². The molecule has 1 amide bonds. The van der Waals surface area contributed by atoms with Gasteiger partial charge in [-0.2, -0.15) is 4.37 Å². The van der Waals surface area contributed by atoms with Crippen LogP contribution in [0.15, 0.2) is 53.3 Å². The summed E-state index contributed by atoms with van der Waals surface area (Å²) in [5.74, 6) is -0.0715. The highest BCUT2D eigenvalue weighted by Crippen LogP contribution is 2.31. The van der Waals surface area contributed by atoms with Crippen molar-refractivity contribution in [3.8, 4) is 0 Å². The molecule has 1 atom stereocenters. The van der Waals surface area contributed by atoms with E-state index in [1.807, 2.05) is 45.0 Å². The van der Waals surface area contributed by atoms with Gasteiger partial charge in [0.05, 0.1) is 23.7 Å². The third kappa shape index (κ3) is 8.63. The van der Waals surface area contributed by atoms with Gasteiger partial charge in [0.25, 0.3) is 11.5 Å². The molecular weight excluding hydrogens is 631 g/mol. The molecule has 0 aliphatic heterocycles. The normalized spacial score (nSPS) is 11.1. The largest absolute Gasteiger partial charge is 0.330 e. The van der Waals surface area contributed by atoms with Crippen LogP contribution in [0.1, 0.15) is 59.3 Å². The van der Waals surface area contributed by atoms with Crippen LogP contribution in [0.4, 0.5) is 4.39 Å². The molecule has 0 radical (unpaired) electrons. The van der Waals surface area contributed by atoms with Gasteiger partial charge >= 0.3 is 0 Å². The molecule has 2 aromatic heterocycles. The van der Waals surface area contributed by atoms with E-state index in [4.69, 9.17) is 10.7 Å². The minimum absolute atomic E-state index is 0. The molecule has 2 heterocycles. The van der Waals surface area contributed by atoms with Gasteiger partial charge in [0, 0.05) is 12.1 Å². The molecule has 4 aromatic rings. The molecule has 0 aliphatic rings. The van der Waals surface area contributed by atoms with Crippen molar-refractivity contribution in [1.29, 1.82) is 0 Å². The van der Waals surface area contributed by atoms with Gasteiger partial charge in [0.1, 0.15) is 11.6 Å². The van der Waals surface area contributed by atoms with Crippen molar-refractivity contribution in [3.05, 3.63) is 92.9 Å². The number of amides is 1. The molecule has 2 N–H and O–H groups in total. The lowest BCUT2D eigenvalue weighted by Crippen LogP contribution is -2.42. The van der Waals surface area contributed by atoms with E-state index in [0.29, 0.717) is 46.8 Å². The molecule has 0 saturated heterocycles. The number of nitrogens with two attached hydrogens (primary N) is 1. The standard InChI is InChI=1S/C28H32FN5O2S.4ClH/c1-17(2)24(33(15-5-14-30)27(35)21-10-6-18(3)7-11-21)25-31-26-23(19(4)32-37-26)28(36)34(25)16-20-8-12-22(29)13-9-20;;;;/h6-13,17,24H,5,14-16,30H2,1-4H3;4*1H. The number of hydrogen-bond donors (Lipinski definition) is 1. The van der Waals surface area contributed by atoms with E-state index in [1.165, 1.54) is 23.7 Å². The first-order valence-electron chi connectivity index (χ1n) is 12.4. The van der Waals surface area contributed by atoms with Crippen LogP contribution >= 0.6 is 61.2 Å². The molecule has 0 fully saturated rings. The Morgan fingerprint density at radius 2 is 1.63 bits per heavy atom. The lowest BCUT2D eigenvalue weighted by atomic mass is 9.98. The zero-order chi connectivity index (χ0) is 26.7. The summed E-state index contributed by atoms with van der Waals surface area (Å²) >= 11 is 1.18. The summed E-state index contributed by atoms with van der Waals surface area (Å²) in [7, 11) is 0. The molecule has 7 nitrogen and oxygen atoms in total. The zero-order valence-electron chi connectivity index (χ0n) is 23.2. The Balaban J connectivity index is 0.00000400. The van der Waals surface area contributed by atoms with Gasteiger partial charge < -0.3 is 10.6 Å². The topological polar surface area (TPSA) is 94.1 Å². The van der Waals surface area contributed by atoms with E-state index in [0.717, 1.165) is 11.1 Å². The predicted octanol–water partition coefficient (Wildman–Crippen LogP) is 6.53. The van der Waals surface area contributed by atoms with Gasteiger partial charge in [-0.05, 0) is 74.1 Å². The molecule has 0 saturated carbocycles. The summed E-state index contributed by atoms with van der Waals surface area (Å²) < 4.78 is 19.6. The van der Waals surface area contributed by atoms with Crippen LogP contribution in [0.2, 0.25) is 0 Å². The van der Waals surface area contributed by atoms with Crippen LogP contribution in [0, 0.1) is 25.6 Å². The van der Waals surface area contributed by atoms with Crippen LogP contribution in [0.3, 0.4) is 0 Å². The van der Waals surface area contributed by atoms with Crippen molar-refractivity contribution in [2.24, 2.45) is 11.7 Å². The van der Waals surface area contributed by atoms with E-state index < -0.39 is 6.04 Å². The van der Waals surface area contributed by atoms with Gasteiger partial charge in [-0.3, -0.25) is 14.2 Å². The summed E-state index contributed by atoms with van der Waals surface area (Å²) in [5, 5.41) is 0.469. The van der Waals surface area contributed by atoms with Crippen molar-refractivity contribution in [1.82, 2.24) is 18.8 Å². The second-order valence-electron chi connectivity index (χ2n) is 9.63. The molecule has 0 bridgehead atoms. The van der Waals surface area contributed by atoms with E-state index in [2.05, 4.69) is 4.37 Å². The number of aromatic nitrogens is 3. The predicted molar refractivity (Wildman–Crippen MR) is 174 cm³/mol. The van der Waals surface area contributed by atoms with Gasteiger partial charge in [-0.15, -0.1) is 49.6 Å². The van der Waals surface area contributed by atoms with Crippen LogP contribution in [0.5, 0.6) is 0 Å². The second-order valence-corrected chi connectivity index (χ2v) is 10.4. The van der Waals surface area contributed by atoms with Gasteiger partial charge in [0.2, 0.25) is 0 Å². The molecule has 2 aromatic carbocycles. The van der Waals surface area contributed by atoms with Gasteiger partial charge in [-0.1, -0.05) is 43.7 Å². The molecule has 0 aliphatic carbocycles. The summed E-state index contributed by atoms with van der Waals surface area (Å²) in [6.07, 6.45) is 0.602. The average molecular weight is 668 g/mol. The molecule has 41 heavy (non-hydrogen) atoms. The summed E-state index contributed by atoms with van der Waals surface area (Å²) in [4.78, 5) is 35.0. The Morgan fingerprint density at radius 3 is 2.20 bits per heavy atom. The number of rotatable bonds is 9. The highest BCUT2D eigenvalue weighted by atomic mass is 35.5. The Labute approximate surface area is 268 Å². The Morgan fingerprint density at radius 1 is 1.02 bits per heavy atom. The van der Waals surface area contributed by atoms with E-state index in [-0.39, 0.29) is 79.4 Å². The fourth-order valence-corrected chi connectivity index (χ4v) is 5.30. The van der Waals surface area contributed by atoms with E-state index >= 15 is 0 Å². The second kappa shape index (κ2) is 17.0. The number of halogens is 5. The maximum Gasteiger partial charge on any atom is 0.264 e. The highest BCUT2D eigenvalue weighted by molar-refractivity contribution is 7.12. The third-order valence-corrected chi connectivity index (χ3v) is 7.28. The van der Waals surface area contributed by atoms with Gasteiger partial charge in [-0.25, -0.2) is 9.37 Å². The van der Waals surface area contributed by atoms with Crippen molar-refractivity contribution in [3.63, 3.8) is 0 Å². The van der Waals surface area contributed by atoms with Crippen molar-refractivity contribution in [2.75, 3.05) is 13.1 Å². The molecule has 1 unspecified atom stereocenters. The molecule has 226 valence electrons. The van der Waals surface area contributed by atoms with Crippen LogP contribution in [-0.2, 0) is 6.54 Å². The average Bonchev–Trinajstić information content (AvgIpc) is 3.25. The Kier molecular flexibility index (Phi) is 16.1. The zero-order valence-corrected chi connectivity index (χ0v) is 27.3. The number of aryl methyl sites for hydroxylation is 2. The number of benzene rings is 2. The summed E-state index contributed by atoms with van der Waals surface area (Å²) in [5.41, 5.74) is 8.63. The SMILES string of the molecule is Cc1ccc(C(=O)N(CCCN)C(c2nc3snc(C)c3c(=O)n2Cc2ccc(F)cc2)C(C)C)cc1.Cl.Cl.Cl.Cl. The maximum atomic E-state index is 13.9. The van der Waals surface area contributed by atoms with Crippen LogP contribution in [0.25, 0.3) is 10.2 Å². The quantitative estimate of drug-likeness (QED) is 0.219. The van der Waals surface area contributed by atoms with Crippen LogP contribution < -0.4 is 11.3 Å². The van der Waals surface area contributed by atoms with Crippen molar-refractivity contribution < 1.29 is 9.18 Å². The minimum atomic E-state index is -0.500. The number of fused-ring (bicyclic) bond motifs is 1. The fourth-order valence-electron chi connectivity index (χ4n) is 4.52. The number of hydrogen-bond acceptors (Lipinski definition) is 6. The Hall–Kier alpha value is -2.27. The lowest BCUT2D eigenvalue weighted by Gasteiger charge is -2.35. The fraction of sp³-hybridized carbons (Fsp3) is 0.357. The number of carbonyl (C=O) groups excluding carboxylic acids is 1. The first-order valence-corrected chi connectivity index (χ1v) is 13.2. The lowest BCUT2D eigenvalue weighted by molar-refractivity contribution is 0.0603. The smallest absolute Gasteiger partial charge is 0.264 e. The minimum Gasteiger partial charge on any atom is -0.330 e. The monoisotopic (exact) mass is 665 g/mol. The summed E-state index contributed by atoms with van der Waals surface area (Å²) in [6.45, 7) is 8.82. The highest BCUT2D eigenvalue weighted by Gasteiger charge is 2.33. The first kappa shape index (κ1) is 38.7. The third-order valence-electron chi connectivity index (χ3n) is 6.44. The van der Waals surface area contributed by atoms with Gasteiger partial charge in [0.15, 0.2) is 4.83 Å². The molecular formula is C28H36Cl4FN5O2S. The molecule has 0 spiro atoms. The number of carbonyl (C=O) groups is 1. The Bertz CT molecular complexity index is 1460. The first-order chi connectivity index (χ1) is 17.7. The summed E-state index contributed by atoms with van der Waals surface area (Å²) in [6, 6.07) is 13.0. The molecule has 4 rings (SSSR count). The molecule has 13 heteroatoms. The number of nitrogens with zero attached hydrogens (tertiary/aromatic N) is 4. The van der Waals surface area contributed by atoms with Crippen molar-refractivity contribution in [2.45, 2.75) is 46.7 Å². The van der Waals surface area contributed by atoms with E-state index in [9.17, 15) is 14.0 Å². The van der Waals surface area contributed by atoms with Crippen molar-refractivity contribution >= 4 is 77.3 Å². The van der Waals surface area contributed by atoms with E-state index in [1.54, 1.807) is 28.5 Å². The maximum absolute atomic E-state index is 13.9.